The fourth-order valence-electron chi connectivity index (χ4n) is 3.00. The first-order valence-electron chi connectivity index (χ1n) is 8.73. The minimum Gasteiger partial charge on any atom is -0.493 e. The van der Waals surface area contributed by atoms with Crippen LogP contribution < -0.4 is 10.1 Å². The fraction of sp³-hybridized carbons (Fsp3) is 0.0909. The van der Waals surface area contributed by atoms with E-state index in [1.165, 1.54) is 16.7 Å². The second-order valence-electron chi connectivity index (χ2n) is 5.95. The van der Waals surface area contributed by atoms with Gasteiger partial charge in [0.1, 0.15) is 5.75 Å². The lowest BCUT2D eigenvalue weighted by molar-refractivity contribution is 0.102. The van der Waals surface area contributed by atoms with Gasteiger partial charge in [-0.05, 0) is 29.8 Å². The summed E-state index contributed by atoms with van der Waals surface area (Å²) in [5, 5.41) is 7.72. The maximum atomic E-state index is 12.6. The van der Waals surface area contributed by atoms with Crippen molar-refractivity contribution in [3.8, 4) is 17.0 Å². The summed E-state index contributed by atoms with van der Waals surface area (Å²) in [4.78, 5) is 17.3. The number of carbonyl (C=O) groups is 1. The molecule has 0 unspecified atom stereocenters. The number of thiazole rings is 1. The second-order valence-corrected chi connectivity index (χ2v) is 6.81. The van der Waals surface area contributed by atoms with Crippen molar-refractivity contribution in [3.05, 3.63) is 77.7 Å². The number of hydrogen-bond acceptors (Lipinski definition) is 4. The van der Waals surface area contributed by atoms with Gasteiger partial charge in [0.2, 0.25) is 0 Å². The van der Waals surface area contributed by atoms with Gasteiger partial charge in [-0.15, -0.1) is 11.3 Å². The van der Waals surface area contributed by atoms with Crippen LogP contribution in [0.5, 0.6) is 5.75 Å². The molecule has 0 fully saturated rings. The van der Waals surface area contributed by atoms with E-state index < -0.39 is 0 Å². The molecule has 0 bridgehead atoms. The number of carbonyl (C=O) groups excluding carboxylic acids is 1. The van der Waals surface area contributed by atoms with Crippen molar-refractivity contribution in [3.63, 3.8) is 0 Å². The minimum absolute atomic E-state index is 0.224. The first-order valence-corrected chi connectivity index (χ1v) is 9.61. The topological polar surface area (TPSA) is 51.2 Å². The standard InChI is InChI=1S/C22H18N2O2S/c1-2-26-20-13-6-5-11-18(20)21(25)24-22-23-19(14-27-22)17-12-7-9-15-8-3-4-10-16(15)17/h3-14H,2H2,1H3,(H,23,24,25). The van der Waals surface area contributed by atoms with Gasteiger partial charge in [-0.2, -0.15) is 0 Å². The third kappa shape index (κ3) is 3.55. The zero-order chi connectivity index (χ0) is 18.6. The highest BCUT2D eigenvalue weighted by Crippen LogP contribution is 2.31. The molecule has 4 rings (SSSR count). The summed E-state index contributed by atoms with van der Waals surface area (Å²) >= 11 is 1.41. The van der Waals surface area contributed by atoms with Crippen molar-refractivity contribution in [2.75, 3.05) is 11.9 Å². The highest BCUT2D eigenvalue weighted by molar-refractivity contribution is 7.14. The Bertz CT molecular complexity index is 1100. The summed E-state index contributed by atoms with van der Waals surface area (Å²) in [5.74, 6) is 0.348. The molecule has 0 atom stereocenters. The molecule has 1 aromatic heterocycles. The number of rotatable bonds is 5. The van der Waals surface area contributed by atoms with Gasteiger partial charge in [-0.25, -0.2) is 4.98 Å². The minimum atomic E-state index is -0.224. The third-order valence-corrected chi connectivity index (χ3v) is 4.98. The Balaban J connectivity index is 1.61. The molecule has 4 aromatic rings. The Morgan fingerprint density at radius 1 is 1.04 bits per heavy atom. The molecular weight excluding hydrogens is 356 g/mol. The quantitative estimate of drug-likeness (QED) is 0.494. The normalized spacial score (nSPS) is 10.7. The van der Waals surface area contributed by atoms with E-state index in [0.29, 0.717) is 23.1 Å². The number of para-hydroxylation sites is 1. The van der Waals surface area contributed by atoms with Crippen LogP contribution >= 0.6 is 11.3 Å². The molecule has 0 aliphatic carbocycles. The van der Waals surface area contributed by atoms with E-state index >= 15 is 0 Å². The van der Waals surface area contributed by atoms with Crippen molar-refractivity contribution in [2.24, 2.45) is 0 Å². The van der Waals surface area contributed by atoms with Crippen molar-refractivity contribution in [2.45, 2.75) is 6.92 Å². The largest absolute Gasteiger partial charge is 0.493 e. The smallest absolute Gasteiger partial charge is 0.261 e. The van der Waals surface area contributed by atoms with Crippen LogP contribution in [0.25, 0.3) is 22.0 Å². The summed E-state index contributed by atoms with van der Waals surface area (Å²) in [6.07, 6.45) is 0. The maximum Gasteiger partial charge on any atom is 0.261 e. The van der Waals surface area contributed by atoms with E-state index in [1.54, 1.807) is 12.1 Å². The number of ether oxygens (including phenoxy) is 1. The zero-order valence-electron chi connectivity index (χ0n) is 14.8. The molecule has 134 valence electrons. The third-order valence-electron chi connectivity index (χ3n) is 4.22. The summed E-state index contributed by atoms with van der Waals surface area (Å²) < 4.78 is 5.54. The number of nitrogens with one attached hydrogen (secondary N) is 1. The van der Waals surface area contributed by atoms with Crippen LogP contribution in [-0.4, -0.2) is 17.5 Å². The first kappa shape index (κ1) is 17.2. The van der Waals surface area contributed by atoms with Gasteiger partial charge in [0.05, 0.1) is 17.9 Å². The van der Waals surface area contributed by atoms with E-state index in [2.05, 4.69) is 28.5 Å². The Morgan fingerprint density at radius 3 is 2.70 bits per heavy atom. The SMILES string of the molecule is CCOc1ccccc1C(=O)Nc1nc(-c2cccc3ccccc23)cs1. The van der Waals surface area contributed by atoms with Crippen LogP contribution in [0.2, 0.25) is 0 Å². The molecule has 1 amide bonds. The van der Waals surface area contributed by atoms with Crippen LogP contribution in [0.1, 0.15) is 17.3 Å². The van der Waals surface area contributed by atoms with Gasteiger partial charge in [0.15, 0.2) is 5.13 Å². The summed E-state index contributed by atoms with van der Waals surface area (Å²) in [5.41, 5.74) is 2.41. The Kier molecular flexibility index (Phi) is 4.85. The molecule has 3 aromatic carbocycles. The van der Waals surface area contributed by atoms with Crippen molar-refractivity contribution >= 4 is 33.1 Å². The number of aromatic nitrogens is 1. The van der Waals surface area contributed by atoms with E-state index in [-0.39, 0.29) is 5.91 Å². The lowest BCUT2D eigenvalue weighted by atomic mass is 10.0. The number of amides is 1. The van der Waals surface area contributed by atoms with Crippen LogP contribution in [0.4, 0.5) is 5.13 Å². The lowest BCUT2D eigenvalue weighted by Gasteiger charge is -2.09. The first-order chi connectivity index (χ1) is 13.3. The Morgan fingerprint density at radius 2 is 1.81 bits per heavy atom. The van der Waals surface area contributed by atoms with Crippen LogP contribution in [-0.2, 0) is 0 Å². The molecule has 1 N–H and O–H groups in total. The maximum absolute atomic E-state index is 12.6. The zero-order valence-corrected chi connectivity index (χ0v) is 15.6. The number of hydrogen-bond donors (Lipinski definition) is 1. The van der Waals surface area contributed by atoms with Crippen molar-refractivity contribution in [1.29, 1.82) is 0 Å². The van der Waals surface area contributed by atoms with Crippen LogP contribution in [0.15, 0.2) is 72.1 Å². The molecule has 0 aliphatic heterocycles. The number of fused-ring (bicyclic) bond motifs is 1. The monoisotopic (exact) mass is 374 g/mol. The van der Waals surface area contributed by atoms with Gasteiger partial charge >= 0.3 is 0 Å². The summed E-state index contributed by atoms with van der Waals surface area (Å²) in [6, 6.07) is 21.6. The van der Waals surface area contributed by atoms with Crippen molar-refractivity contribution < 1.29 is 9.53 Å². The van der Waals surface area contributed by atoms with Crippen molar-refractivity contribution in [1.82, 2.24) is 4.98 Å². The number of anilines is 1. The van der Waals surface area contributed by atoms with Gasteiger partial charge in [0, 0.05) is 10.9 Å². The van der Waals surface area contributed by atoms with E-state index in [1.807, 2.05) is 48.7 Å². The van der Waals surface area contributed by atoms with Crippen LogP contribution in [0.3, 0.4) is 0 Å². The van der Waals surface area contributed by atoms with Gasteiger partial charge in [-0.3, -0.25) is 10.1 Å². The fourth-order valence-corrected chi connectivity index (χ4v) is 3.71. The van der Waals surface area contributed by atoms with Crippen LogP contribution in [0, 0.1) is 0 Å². The highest BCUT2D eigenvalue weighted by atomic mass is 32.1. The molecule has 1 heterocycles. The van der Waals surface area contributed by atoms with Gasteiger partial charge in [0.25, 0.3) is 5.91 Å². The molecule has 0 saturated carbocycles. The number of benzene rings is 3. The Labute approximate surface area is 161 Å². The molecule has 5 heteroatoms. The highest BCUT2D eigenvalue weighted by Gasteiger charge is 2.15. The average molecular weight is 374 g/mol. The Hall–Kier alpha value is -3.18. The summed E-state index contributed by atoms with van der Waals surface area (Å²) in [6.45, 7) is 2.40. The molecule has 0 aliphatic rings. The second kappa shape index (κ2) is 7.60. The predicted molar refractivity (Wildman–Crippen MR) is 111 cm³/mol. The van der Waals surface area contributed by atoms with Gasteiger partial charge < -0.3 is 4.74 Å². The molecule has 0 saturated heterocycles. The predicted octanol–water partition coefficient (Wildman–Crippen LogP) is 5.61. The molecule has 0 spiro atoms. The molecule has 27 heavy (non-hydrogen) atoms. The van der Waals surface area contributed by atoms with E-state index in [9.17, 15) is 4.79 Å². The summed E-state index contributed by atoms with van der Waals surface area (Å²) in [7, 11) is 0. The number of nitrogens with zero attached hydrogens (tertiary/aromatic N) is 1. The lowest BCUT2D eigenvalue weighted by Crippen LogP contribution is -2.13. The van der Waals surface area contributed by atoms with E-state index in [0.717, 1.165) is 16.6 Å². The average Bonchev–Trinajstić information content (AvgIpc) is 3.16. The molecular formula is C22H18N2O2S. The molecule has 4 nitrogen and oxygen atoms in total. The van der Waals surface area contributed by atoms with E-state index in [4.69, 9.17) is 4.74 Å². The molecule has 0 radical (unpaired) electrons. The van der Waals surface area contributed by atoms with Gasteiger partial charge in [-0.1, -0.05) is 54.6 Å².